The molecule has 3 rings (SSSR count). The van der Waals surface area contributed by atoms with Crippen LogP contribution >= 0.6 is 0 Å². The summed E-state index contributed by atoms with van der Waals surface area (Å²) in [4.78, 5) is 5.11. The average Bonchev–Trinajstić information content (AvgIpc) is 3.32. The molecule has 110 valence electrons. The first-order valence-electron chi connectivity index (χ1n) is 7.63. The number of nitrogens with zero attached hydrogens (tertiary/aromatic N) is 2. The van der Waals surface area contributed by atoms with Crippen molar-refractivity contribution in [1.29, 1.82) is 0 Å². The van der Waals surface area contributed by atoms with Crippen LogP contribution < -0.4 is 10.5 Å². The van der Waals surface area contributed by atoms with Crippen LogP contribution in [0.4, 0.5) is 0 Å². The van der Waals surface area contributed by atoms with Crippen molar-refractivity contribution in [3.8, 4) is 5.75 Å². The third-order valence-corrected chi connectivity index (χ3v) is 4.46. The van der Waals surface area contributed by atoms with Crippen molar-refractivity contribution in [2.75, 3.05) is 39.8 Å². The molecule has 4 heteroatoms. The summed E-state index contributed by atoms with van der Waals surface area (Å²) in [6, 6.07) is 9.00. The minimum Gasteiger partial charge on any atom is -0.496 e. The minimum atomic E-state index is 0.0265. The predicted molar refractivity (Wildman–Crippen MR) is 81.0 cm³/mol. The highest BCUT2D eigenvalue weighted by Crippen LogP contribution is 2.28. The van der Waals surface area contributed by atoms with Crippen LogP contribution in [0.2, 0.25) is 0 Å². The summed E-state index contributed by atoms with van der Waals surface area (Å²) in [6.45, 7) is 5.59. The van der Waals surface area contributed by atoms with Crippen molar-refractivity contribution in [2.45, 2.75) is 24.9 Å². The summed E-state index contributed by atoms with van der Waals surface area (Å²) in [7, 11) is 1.71. The predicted octanol–water partition coefficient (Wildman–Crippen LogP) is 1.47. The van der Waals surface area contributed by atoms with E-state index < -0.39 is 0 Å². The van der Waals surface area contributed by atoms with E-state index in [9.17, 15) is 0 Å². The molecule has 1 heterocycles. The molecular formula is C16H25N3O. The molecule has 1 unspecified atom stereocenters. The molecule has 1 aromatic carbocycles. The van der Waals surface area contributed by atoms with Gasteiger partial charge in [0.1, 0.15) is 5.75 Å². The van der Waals surface area contributed by atoms with Gasteiger partial charge < -0.3 is 10.5 Å². The van der Waals surface area contributed by atoms with Crippen LogP contribution in [0.5, 0.6) is 5.75 Å². The highest BCUT2D eigenvalue weighted by Gasteiger charge is 2.31. The highest BCUT2D eigenvalue weighted by atomic mass is 16.5. The number of benzene rings is 1. The number of ether oxygens (including phenoxy) is 1. The second kappa shape index (κ2) is 6.12. The van der Waals surface area contributed by atoms with Crippen LogP contribution in [-0.4, -0.2) is 55.7 Å². The Balaban J connectivity index is 1.54. The zero-order chi connectivity index (χ0) is 13.9. The molecule has 1 saturated carbocycles. The average molecular weight is 275 g/mol. The maximum absolute atomic E-state index is 6.37. The molecule has 20 heavy (non-hydrogen) atoms. The van der Waals surface area contributed by atoms with Gasteiger partial charge in [-0.15, -0.1) is 0 Å². The maximum atomic E-state index is 6.37. The Labute approximate surface area is 121 Å². The quantitative estimate of drug-likeness (QED) is 0.884. The van der Waals surface area contributed by atoms with Crippen LogP contribution in [0.3, 0.4) is 0 Å². The van der Waals surface area contributed by atoms with Crippen molar-refractivity contribution < 1.29 is 4.74 Å². The monoisotopic (exact) mass is 275 g/mol. The molecular weight excluding hydrogens is 250 g/mol. The van der Waals surface area contributed by atoms with Gasteiger partial charge in [0.25, 0.3) is 0 Å². The molecule has 0 bridgehead atoms. The summed E-state index contributed by atoms with van der Waals surface area (Å²) in [5.74, 6) is 0.900. The zero-order valence-corrected chi connectivity index (χ0v) is 12.3. The number of nitrogens with two attached hydrogens (primary N) is 1. The second-order valence-electron chi connectivity index (χ2n) is 5.92. The SMILES string of the molecule is COc1ccccc1C(N)CN1CCN(C2CC2)CC1. The molecule has 2 aliphatic rings. The summed E-state index contributed by atoms with van der Waals surface area (Å²) in [5.41, 5.74) is 7.48. The molecule has 2 N–H and O–H groups in total. The number of para-hydroxylation sites is 1. The number of piperazine rings is 1. The Morgan fingerprint density at radius 1 is 1.20 bits per heavy atom. The van der Waals surface area contributed by atoms with E-state index >= 15 is 0 Å². The van der Waals surface area contributed by atoms with E-state index in [1.54, 1.807) is 7.11 Å². The van der Waals surface area contributed by atoms with E-state index in [-0.39, 0.29) is 6.04 Å². The molecule has 0 spiro atoms. The van der Waals surface area contributed by atoms with Crippen molar-refractivity contribution >= 4 is 0 Å². The van der Waals surface area contributed by atoms with E-state index in [0.717, 1.165) is 37.0 Å². The molecule has 1 aromatic rings. The van der Waals surface area contributed by atoms with Crippen LogP contribution in [0, 0.1) is 0 Å². The number of hydrogen-bond acceptors (Lipinski definition) is 4. The lowest BCUT2D eigenvalue weighted by atomic mass is 10.1. The third-order valence-electron chi connectivity index (χ3n) is 4.46. The fourth-order valence-electron chi connectivity index (χ4n) is 3.10. The highest BCUT2D eigenvalue weighted by molar-refractivity contribution is 5.35. The van der Waals surface area contributed by atoms with Gasteiger partial charge in [-0.05, 0) is 18.9 Å². The lowest BCUT2D eigenvalue weighted by Crippen LogP contribution is -2.48. The van der Waals surface area contributed by atoms with Gasteiger partial charge in [-0.2, -0.15) is 0 Å². The van der Waals surface area contributed by atoms with Gasteiger partial charge in [0.05, 0.1) is 7.11 Å². The summed E-state index contributed by atoms with van der Waals surface area (Å²) < 4.78 is 5.41. The topological polar surface area (TPSA) is 41.7 Å². The normalized spacial score (nSPS) is 22.7. The fourth-order valence-corrected chi connectivity index (χ4v) is 3.10. The van der Waals surface area contributed by atoms with Crippen molar-refractivity contribution in [1.82, 2.24) is 9.80 Å². The van der Waals surface area contributed by atoms with E-state index in [1.807, 2.05) is 18.2 Å². The molecule has 0 amide bonds. The fraction of sp³-hybridized carbons (Fsp3) is 0.625. The first kappa shape index (κ1) is 13.9. The molecule has 1 aliphatic heterocycles. The summed E-state index contributed by atoms with van der Waals surface area (Å²) in [6.07, 6.45) is 2.81. The Morgan fingerprint density at radius 2 is 1.90 bits per heavy atom. The minimum absolute atomic E-state index is 0.0265. The Morgan fingerprint density at radius 3 is 2.55 bits per heavy atom. The Bertz CT molecular complexity index is 439. The van der Waals surface area contributed by atoms with Crippen LogP contribution in [0.1, 0.15) is 24.4 Å². The molecule has 0 aromatic heterocycles. The van der Waals surface area contributed by atoms with E-state index in [4.69, 9.17) is 10.5 Å². The molecule has 0 radical (unpaired) electrons. The van der Waals surface area contributed by atoms with Crippen molar-refractivity contribution in [3.63, 3.8) is 0 Å². The first-order valence-corrected chi connectivity index (χ1v) is 7.63. The maximum Gasteiger partial charge on any atom is 0.123 e. The lowest BCUT2D eigenvalue weighted by molar-refractivity contribution is 0.121. The standard InChI is InChI=1S/C16H25N3O/c1-20-16-5-3-2-4-14(16)15(17)12-18-8-10-19(11-9-18)13-6-7-13/h2-5,13,15H,6-12,17H2,1H3. The molecule has 2 fully saturated rings. The number of rotatable bonds is 5. The van der Waals surface area contributed by atoms with Gasteiger partial charge in [0.15, 0.2) is 0 Å². The smallest absolute Gasteiger partial charge is 0.123 e. The second-order valence-corrected chi connectivity index (χ2v) is 5.92. The molecule has 1 aliphatic carbocycles. The Kier molecular flexibility index (Phi) is 4.24. The first-order chi connectivity index (χ1) is 9.78. The van der Waals surface area contributed by atoms with Gasteiger partial charge in [-0.25, -0.2) is 0 Å². The van der Waals surface area contributed by atoms with Gasteiger partial charge in [-0.1, -0.05) is 18.2 Å². The summed E-state index contributed by atoms with van der Waals surface area (Å²) in [5, 5.41) is 0. The molecule has 4 nitrogen and oxygen atoms in total. The summed E-state index contributed by atoms with van der Waals surface area (Å²) >= 11 is 0. The largest absolute Gasteiger partial charge is 0.496 e. The van der Waals surface area contributed by atoms with Gasteiger partial charge in [0.2, 0.25) is 0 Å². The van der Waals surface area contributed by atoms with Gasteiger partial charge >= 0.3 is 0 Å². The van der Waals surface area contributed by atoms with E-state index in [0.29, 0.717) is 0 Å². The molecule has 1 saturated heterocycles. The van der Waals surface area contributed by atoms with E-state index in [1.165, 1.54) is 25.9 Å². The number of hydrogen-bond donors (Lipinski definition) is 1. The van der Waals surface area contributed by atoms with Crippen LogP contribution in [0.25, 0.3) is 0 Å². The van der Waals surface area contributed by atoms with E-state index in [2.05, 4.69) is 15.9 Å². The van der Waals surface area contributed by atoms with Gasteiger partial charge in [-0.3, -0.25) is 9.80 Å². The lowest BCUT2D eigenvalue weighted by Gasteiger charge is -2.36. The third kappa shape index (κ3) is 3.14. The van der Waals surface area contributed by atoms with Crippen molar-refractivity contribution in [3.05, 3.63) is 29.8 Å². The Hall–Kier alpha value is -1.10. The number of methoxy groups -OCH3 is 1. The van der Waals surface area contributed by atoms with Gasteiger partial charge in [0, 0.05) is 50.4 Å². The molecule has 1 atom stereocenters. The van der Waals surface area contributed by atoms with Crippen LogP contribution in [-0.2, 0) is 0 Å². The van der Waals surface area contributed by atoms with Crippen molar-refractivity contribution in [2.24, 2.45) is 5.73 Å². The van der Waals surface area contributed by atoms with Crippen LogP contribution in [0.15, 0.2) is 24.3 Å². The zero-order valence-electron chi connectivity index (χ0n) is 12.3.